The Kier molecular flexibility index (Phi) is 6.11. The third kappa shape index (κ3) is 3.19. The second kappa shape index (κ2) is 7.96. The van der Waals surface area contributed by atoms with Crippen LogP contribution in [-0.2, 0) is 14.6 Å². The Morgan fingerprint density at radius 2 is 1.63 bits per heavy atom. The largest absolute Gasteiger partial charge is 0.203 e. The van der Waals surface area contributed by atoms with Crippen LogP contribution < -0.4 is 0 Å². The van der Waals surface area contributed by atoms with E-state index in [1.54, 1.807) is 0 Å². The van der Waals surface area contributed by atoms with E-state index >= 15 is 8.78 Å². The van der Waals surface area contributed by atoms with Crippen LogP contribution in [0.5, 0.6) is 0 Å². The van der Waals surface area contributed by atoms with Crippen molar-refractivity contribution in [3.05, 3.63) is 34.4 Å². The highest BCUT2D eigenvalue weighted by molar-refractivity contribution is 8.18. The maximum atomic E-state index is 15.6. The summed E-state index contributed by atoms with van der Waals surface area (Å²) in [6, 6.07) is 2.06. The van der Waals surface area contributed by atoms with E-state index in [1.807, 2.05) is 47.0 Å². The molecule has 150 valence electrons. The summed E-state index contributed by atoms with van der Waals surface area (Å²) >= 11 is 7.37. The molecule has 1 aliphatic carbocycles. The summed E-state index contributed by atoms with van der Waals surface area (Å²) in [6.07, 6.45) is 4.15. The van der Waals surface area contributed by atoms with Gasteiger partial charge in [-0.1, -0.05) is 33.3 Å². The highest BCUT2D eigenvalue weighted by Gasteiger charge is 2.51. The van der Waals surface area contributed by atoms with Crippen molar-refractivity contribution in [1.29, 1.82) is 0 Å². The van der Waals surface area contributed by atoms with Crippen molar-refractivity contribution in [2.75, 3.05) is 23.0 Å². The Labute approximate surface area is 179 Å². The van der Waals surface area contributed by atoms with E-state index < -0.39 is 11.6 Å². The predicted molar refractivity (Wildman–Crippen MR) is 121 cm³/mol. The molecule has 0 nitrogen and oxygen atoms in total. The Bertz CT molecular complexity index is 709. The maximum absolute atomic E-state index is 15.6. The van der Waals surface area contributed by atoms with Gasteiger partial charge >= 0.3 is 0 Å². The van der Waals surface area contributed by atoms with Gasteiger partial charge in [0.05, 0.1) is 8.16 Å². The number of halogens is 2. The first-order valence-corrected chi connectivity index (χ1v) is 14.0. The molecular weight excluding hydrogens is 418 g/mol. The van der Waals surface area contributed by atoms with Gasteiger partial charge in [0.25, 0.3) is 0 Å². The van der Waals surface area contributed by atoms with Crippen LogP contribution in [0.4, 0.5) is 8.78 Å². The molecule has 2 saturated heterocycles. The average Bonchev–Trinajstić information content (AvgIpc) is 2.96. The highest BCUT2D eigenvalue weighted by Crippen LogP contribution is 2.63. The average molecular weight is 447 g/mol. The van der Waals surface area contributed by atoms with Crippen molar-refractivity contribution in [3.8, 4) is 0 Å². The van der Waals surface area contributed by atoms with Gasteiger partial charge < -0.3 is 0 Å². The quantitative estimate of drug-likeness (QED) is 0.479. The fraction of sp³-hybridized carbons (Fsp3) is 0.714. The smallest absolute Gasteiger partial charge is 0.164 e. The normalized spacial score (nSPS) is 27.5. The van der Waals surface area contributed by atoms with Crippen LogP contribution in [0.3, 0.4) is 0 Å². The van der Waals surface area contributed by atoms with Crippen LogP contribution in [0.25, 0.3) is 0 Å². The third-order valence-electron chi connectivity index (χ3n) is 6.29. The zero-order chi connectivity index (χ0) is 19.2. The van der Waals surface area contributed by atoms with Gasteiger partial charge in [-0.15, -0.1) is 47.0 Å². The van der Waals surface area contributed by atoms with E-state index in [1.165, 1.54) is 0 Å². The van der Waals surface area contributed by atoms with Crippen LogP contribution in [0.2, 0.25) is 0 Å². The molecule has 1 aromatic rings. The molecule has 4 rings (SSSR count). The van der Waals surface area contributed by atoms with Gasteiger partial charge in [-0.05, 0) is 59.7 Å². The minimum atomic E-state index is -0.573. The van der Waals surface area contributed by atoms with Gasteiger partial charge in [-0.3, -0.25) is 0 Å². The lowest BCUT2D eigenvalue weighted by Crippen LogP contribution is -2.32. The van der Waals surface area contributed by atoms with Crippen LogP contribution in [0.1, 0.15) is 56.7 Å². The Balaban J connectivity index is 1.86. The number of benzene rings is 1. The molecule has 2 heterocycles. The molecule has 0 saturated carbocycles. The number of hydrogen-bond acceptors (Lipinski definition) is 4. The van der Waals surface area contributed by atoms with Crippen molar-refractivity contribution < 1.29 is 8.78 Å². The standard InChI is InChI=1S/C21H28F2S4/c1-4-13(2)20(24-7-5-8-25-20)16-12-15-11-14(3)21(26-9-6-10-27-21)17(15)19(23)18(16)22/h12-14H,4-11H2,1-3H3. The Hall–Kier alpha value is 0.480. The van der Waals surface area contributed by atoms with E-state index in [9.17, 15) is 0 Å². The monoisotopic (exact) mass is 446 g/mol. The van der Waals surface area contributed by atoms with Gasteiger partial charge in [-0.2, -0.15) is 0 Å². The molecule has 2 unspecified atom stereocenters. The summed E-state index contributed by atoms with van der Waals surface area (Å²) in [6.45, 7) is 6.58. The highest BCUT2D eigenvalue weighted by atomic mass is 32.2. The summed E-state index contributed by atoms with van der Waals surface area (Å²) in [4.78, 5) is 0. The first-order chi connectivity index (χ1) is 13.0. The second-order valence-corrected chi connectivity index (χ2v) is 13.8. The predicted octanol–water partition coefficient (Wildman–Crippen LogP) is 7.25. The molecule has 0 amide bonds. The van der Waals surface area contributed by atoms with E-state index in [0.29, 0.717) is 23.0 Å². The summed E-state index contributed by atoms with van der Waals surface area (Å²) < 4.78 is 30.6. The van der Waals surface area contributed by atoms with Crippen molar-refractivity contribution in [3.63, 3.8) is 0 Å². The van der Waals surface area contributed by atoms with E-state index in [2.05, 4.69) is 26.8 Å². The molecule has 0 bridgehead atoms. The van der Waals surface area contributed by atoms with E-state index in [0.717, 1.165) is 54.3 Å². The molecule has 2 fully saturated rings. The lowest BCUT2D eigenvalue weighted by molar-refractivity contribution is 0.452. The van der Waals surface area contributed by atoms with Crippen LogP contribution >= 0.6 is 47.0 Å². The molecule has 6 heteroatoms. The number of fused-ring (bicyclic) bond motifs is 2. The maximum Gasteiger partial charge on any atom is 0.164 e. The van der Waals surface area contributed by atoms with Crippen molar-refractivity contribution in [2.45, 2.75) is 54.6 Å². The molecule has 2 aliphatic heterocycles. The van der Waals surface area contributed by atoms with Gasteiger partial charge in [0.15, 0.2) is 11.6 Å². The zero-order valence-corrected chi connectivity index (χ0v) is 19.5. The fourth-order valence-electron chi connectivity index (χ4n) is 4.68. The molecule has 3 aliphatic rings. The molecule has 1 spiro atoms. The minimum absolute atomic E-state index is 0.284. The summed E-state index contributed by atoms with van der Waals surface area (Å²) in [7, 11) is 0. The van der Waals surface area contributed by atoms with Gasteiger partial charge in [-0.25, -0.2) is 8.78 Å². The summed E-state index contributed by atoms with van der Waals surface area (Å²) in [5.41, 5.74) is 2.36. The first-order valence-electron chi connectivity index (χ1n) is 10.0. The van der Waals surface area contributed by atoms with Gasteiger partial charge in [0.2, 0.25) is 0 Å². The Morgan fingerprint density at radius 3 is 2.22 bits per heavy atom. The SMILES string of the molecule is CCC(C)C1(c2cc3c(c(F)c2F)C2(SCCCS2)C(C)C3)SCCCS1. The lowest BCUT2D eigenvalue weighted by atomic mass is 9.93. The van der Waals surface area contributed by atoms with E-state index in [-0.39, 0.29) is 8.16 Å². The van der Waals surface area contributed by atoms with Crippen LogP contribution in [0, 0.1) is 23.5 Å². The summed E-state index contributed by atoms with van der Waals surface area (Å²) in [5.74, 6) is 3.68. The van der Waals surface area contributed by atoms with Crippen LogP contribution in [0.15, 0.2) is 6.07 Å². The Morgan fingerprint density at radius 1 is 1.04 bits per heavy atom. The van der Waals surface area contributed by atoms with Crippen molar-refractivity contribution in [2.24, 2.45) is 11.8 Å². The molecule has 2 atom stereocenters. The number of hydrogen-bond donors (Lipinski definition) is 0. The molecular formula is C21H28F2S4. The summed E-state index contributed by atoms with van der Waals surface area (Å²) in [5, 5.41) is 0. The molecule has 0 aromatic heterocycles. The van der Waals surface area contributed by atoms with E-state index in [4.69, 9.17) is 0 Å². The number of thioether (sulfide) groups is 4. The fourth-order valence-corrected chi connectivity index (χ4v) is 12.1. The van der Waals surface area contributed by atoms with Crippen LogP contribution in [-0.4, -0.2) is 23.0 Å². The number of rotatable bonds is 3. The molecule has 0 radical (unpaired) electrons. The zero-order valence-electron chi connectivity index (χ0n) is 16.3. The minimum Gasteiger partial charge on any atom is -0.203 e. The molecule has 0 N–H and O–H groups in total. The third-order valence-corrected chi connectivity index (χ3v) is 13.8. The van der Waals surface area contributed by atoms with Crippen molar-refractivity contribution >= 4 is 47.0 Å². The first kappa shape index (κ1) is 20.7. The van der Waals surface area contributed by atoms with Gasteiger partial charge in [0, 0.05) is 11.1 Å². The molecule has 27 heavy (non-hydrogen) atoms. The van der Waals surface area contributed by atoms with Gasteiger partial charge in [0.1, 0.15) is 0 Å². The second-order valence-electron chi connectivity index (χ2n) is 7.94. The molecule has 1 aromatic carbocycles. The van der Waals surface area contributed by atoms with Crippen molar-refractivity contribution in [1.82, 2.24) is 0 Å². The topological polar surface area (TPSA) is 0 Å². The lowest BCUT2D eigenvalue weighted by Gasteiger charge is -2.42.